The van der Waals surface area contributed by atoms with Crippen molar-refractivity contribution in [1.29, 1.82) is 0 Å². The van der Waals surface area contributed by atoms with Crippen molar-refractivity contribution < 1.29 is 9.47 Å². The van der Waals surface area contributed by atoms with Crippen molar-refractivity contribution in [2.24, 2.45) is 0 Å². The van der Waals surface area contributed by atoms with E-state index in [2.05, 4.69) is 30.9 Å². The third kappa shape index (κ3) is 6.08. The van der Waals surface area contributed by atoms with Crippen LogP contribution in [0.3, 0.4) is 0 Å². The lowest BCUT2D eigenvalue weighted by molar-refractivity contribution is 0.0886. The van der Waals surface area contributed by atoms with Crippen LogP contribution in [-0.4, -0.2) is 45.4 Å². The van der Waals surface area contributed by atoms with Crippen molar-refractivity contribution in [2.75, 3.05) is 40.5 Å². The van der Waals surface area contributed by atoms with Crippen LogP contribution in [0.2, 0.25) is 0 Å². The molecule has 0 heterocycles. The molecule has 0 aliphatic heterocycles. The summed E-state index contributed by atoms with van der Waals surface area (Å²) in [5.41, 5.74) is 1.29. The van der Waals surface area contributed by atoms with Crippen LogP contribution >= 0.6 is 0 Å². The van der Waals surface area contributed by atoms with Gasteiger partial charge in [0.05, 0.1) is 13.2 Å². The number of rotatable bonds is 9. The molecule has 0 unspecified atom stereocenters. The van der Waals surface area contributed by atoms with E-state index in [9.17, 15) is 0 Å². The van der Waals surface area contributed by atoms with E-state index in [-0.39, 0.29) is 0 Å². The monoisotopic (exact) mass is 265 g/mol. The highest BCUT2D eigenvalue weighted by Crippen LogP contribution is 2.28. The van der Waals surface area contributed by atoms with Crippen LogP contribution in [-0.2, 0) is 4.74 Å². The minimum absolute atomic E-state index is 0.533. The van der Waals surface area contributed by atoms with Crippen molar-refractivity contribution in [3.8, 4) is 5.75 Å². The molecule has 108 valence electrons. The molecule has 1 atom stereocenters. The van der Waals surface area contributed by atoms with E-state index in [0.29, 0.717) is 19.1 Å². The highest BCUT2D eigenvalue weighted by atomic mass is 16.5. The Labute approximate surface area is 117 Å². The van der Waals surface area contributed by atoms with E-state index in [4.69, 9.17) is 9.47 Å². The molecule has 0 aliphatic rings. The number of hydrogen-bond acceptors (Lipinski definition) is 3. The molecular formula is C16H27NO2. The lowest BCUT2D eigenvalue weighted by atomic mass is 9.98. The smallest absolute Gasteiger partial charge is 0.122 e. The van der Waals surface area contributed by atoms with Gasteiger partial charge in [-0.05, 0) is 38.1 Å². The Hall–Kier alpha value is -1.06. The van der Waals surface area contributed by atoms with Gasteiger partial charge in [-0.1, -0.05) is 32.0 Å². The molecule has 0 saturated carbocycles. The third-order valence-corrected chi connectivity index (χ3v) is 3.23. The molecule has 1 aromatic carbocycles. The van der Waals surface area contributed by atoms with E-state index in [0.717, 1.165) is 25.3 Å². The van der Waals surface area contributed by atoms with Crippen LogP contribution < -0.4 is 4.74 Å². The minimum atomic E-state index is 0.533. The first-order valence-corrected chi connectivity index (χ1v) is 7.09. The van der Waals surface area contributed by atoms with Gasteiger partial charge in [0, 0.05) is 6.54 Å². The summed E-state index contributed by atoms with van der Waals surface area (Å²) in [6.45, 7) is 7.39. The van der Waals surface area contributed by atoms with Crippen molar-refractivity contribution >= 4 is 0 Å². The Kier molecular flexibility index (Phi) is 7.53. The van der Waals surface area contributed by atoms with Crippen molar-refractivity contribution in [3.63, 3.8) is 0 Å². The summed E-state index contributed by atoms with van der Waals surface area (Å²) in [5, 5.41) is 0. The van der Waals surface area contributed by atoms with Gasteiger partial charge >= 0.3 is 0 Å². The highest BCUT2D eigenvalue weighted by molar-refractivity contribution is 5.35. The maximum Gasteiger partial charge on any atom is 0.122 e. The Bertz CT molecular complexity index is 352. The summed E-state index contributed by atoms with van der Waals surface area (Å²) in [6, 6.07) is 8.29. The molecule has 1 rings (SSSR count). The molecule has 0 aliphatic carbocycles. The average Bonchev–Trinajstić information content (AvgIpc) is 2.42. The van der Waals surface area contributed by atoms with Crippen LogP contribution in [0.5, 0.6) is 5.75 Å². The zero-order chi connectivity index (χ0) is 14.1. The van der Waals surface area contributed by atoms with E-state index in [1.54, 1.807) is 0 Å². The molecule has 0 saturated heterocycles. The molecule has 0 radical (unpaired) electrons. The predicted octanol–water partition coefficient (Wildman–Crippen LogP) is 3.16. The molecule has 3 heteroatoms. The van der Waals surface area contributed by atoms with Crippen LogP contribution in [0.15, 0.2) is 24.3 Å². The standard InChI is InChI=1S/C16H27NO2/c1-5-14(2)15-8-6-7-9-16(15)19-13-12-18-11-10-17(3)4/h6-9,14H,5,10-13H2,1-4H3/t14-/m1/s1. The largest absolute Gasteiger partial charge is 0.491 e. The fourth-order valence-corrected chi connectivity index (χ4v) is 1.80. The second kappa shape index (κ2) is 8.94. The molecule has 0 aromatic heterocycles. The lowest BCUT2D eigenvalue weighted by Gasteiger charge is -2.16. The SMILES string of the molecule is CC[C@@H](C)c1ccccc1OCCOCCN(C)C. The Morgan fingerprint density at radius 2 is 1.84 bits per heavy atom. The van der Waals surface area contributed by atoms with Gasteiger partial charge in [-0.3, -0.25) is 0 Å². The maximum absolute atomic E-state index is 5.83. The molecule has 0 fully saturated rings. The number of hydrogen-bond donors (Lipinski definition) is 0. The maximum atomic E-state index is 5.83. The molecule has 1 aromatic rings. The van der Waals surface area contributed by atoms with Gasteiger partial charge in [-0.2, -0.15) is 0 Å². The van der Waals surface area contributed by atoms with E-state index in [1.165, 1.54) is 5.56 Å². The second-order valence-corrected chi connectivity index (χ2v) is 5.11. The third-order valence-electron chi connectivity index (χ3n) is 3.23. The van der Waals surface area contributed by atoms with Gasteiger partial charge < -0.3 is 14.4 Å². The molecular weight excluding hydrogens is 238 g/mol. The summed E-state index contributed by atoms with van der Waals surface area (Å²) >= 11 is 0. The van der Waals surface area contributed by atoms with E-state index in [1.807, 2.05) is 26.2 Å². The van der Waals surface area contributed by atoms with Crippen LogP contribution in [0, 0.1) is 0 Å². The fraction of sp³-hybridized carbons (Fsp3) is 0.625. The topological polar surface area (TPSA) is 21.7 Å². The van der Waals surface area contributed by atoms with Crippen molar-refractivity contribution in [3.05, 3.63) is 29.8 Å². The van der Waals surface area contributed by atoms with Gasteiger partial charge in [0.2, 0.25) is 0 Å². The first kappa shape index (κ1) is 16.0. The van der Waals surface area contributed by atoms with E-state index >= 15 is 0 Å². The summed E-state index contributed by atoms with van der Waals surface area (Å²) in [4.78, 5) is 2.11. The Balaban J connectivity index is 2.33. The summed E-state index contributed by atoms with van der Waals surface area (Å²) in [7, 11) is 4.09. The van der Waals surface area contributed by atoms with Crippen LogP contribution in [0.1, 0.15) is 31.7 Å². The van der Waals surface area contributed by atoms with Gasteiger partial charge in [0.1, 0.15) is 12.4 Å². The highest BCUT2D eigenvalue weighted by Gasteiger charge is 2.08. The summed E-state index contributed by atoms with van der Waals surface area (Å²) < 4.78 is 11.4. The second-order valence-electron chi connectivity index (χ2n) is 5.11. The molecule has 3 nitrogen and oxygen atoms in total. The first-order chi connectivity index (χ1) is 9.15. The zero-order valence-corrected chi connectivity index (χ0v) is 12.7. The van der Waals surface area contributed by atoms with Crippen LogP contribution in [0.25, 0.3) is 0 Å². The van der Waals surface area contributed by atoms with Gasteiger partial charge in [-0.25, -0.2) is 0 Å². The average molecular weight is 265 g/mol. The summed E-state index contributed by atoms with van der Waals surface area (Å²) in [6.07, 6.45) is 1.12. The number of likely N-dealkylation sites (N-methyl/N-ethyl adjacent to an activating group) is 1. The Morgan fingerprint density at radius 3 is 2.53 bits per heavy atom. The normalized spacial score (nSPS) is 12.7. The molecule has 0 amide bonds. The molecule has 0 N–H and O–H groups in total. The fourth-order valence-electron chi connectivity index (χ4n) is 1.80. The van der Waals surface area contributed by atoms with Gasteiger partial charge in [-0.15, -0.1) is 0 Å². The Morgan fingerprint density at radius 1 is 1.11 bits per heavy atom. The van der Waals surface area contributed by atoms with Crippen molar-refractivity contribution in [2.45, 2.75) is 26.2 Å². The first-order valence-electron chi connectivity index (χ1n) is 7.09. The number of para-hydroxylation sites is 1. The number of ether oxygens (including phenoxy) is 2. The molecule has 19 heavy (non-hydrogen) atoms. The van der Waals surface area contributed by atoms with Crippen LogP contribution in [0.4, 0.5) is 0 Å². The minimum Gasteiger partial charge on any atom is -0.491 e. The molecule has 0 bridgehead atoms. The zero-order valence-electron chi connectivity index (χ0n) is 12.7. The van der Waals surface area contributed by atoms with Crippen molar-refractivity contribution in [1.82, 2.24) is 4.90 Å². The van der Waals surface area contributed by atoms with Gasteiger partial charge in [0.15, 0.2) is 0 Å². The number of nitrogens with zero attached hydrogens (tertiary/aromatic N) is 1. The molecule has 0 spiro atoms. The lowest BCUT2D eigenvalue weighted by Crippen LogP contribution is -2.19. The van der Waals surface area contributed by atoms with E-state index < -0.39 is 0 Å². The number of benzene rings is 1. The van der Waals surface area contributed by atoms with Gasteiger partial charge in [0.25, 0.3) is 0 Å². The quantitative estimate of drug-likeness (QED) is 0.640. The predicted molar refractivity (Wildman–Crippen MR) is 80.0 cm³/mol. The summed E-state index contributed by atoms with van der Waals surface area (Å²) in [5.74, 6) is 1.53.